The Morgan fingerprint density at radius 1 is 0.698 bits per heavy atom. The first-order valence-electron chi connectivity index (χ1n) is 14.5. The van der Waals surface area contributed by atoms with Gasteiger partial charge in [0.2, 0.25) is 0 Å². The number of unbranched alkanes of at least 4 members (excludes halogenated alkanes) is 1. The number of ether oxygens (including phenoxy) is 4. The summed E-state index contributed by atoms with van der Waals surface area (Å²) in [5.41, 5.74) is 3.77. The van der Waals surface area contributed by atoms with E-state index in [1.807, 2.05) is 84.9 Å². The van der Waals surface area contributed by atoms with Gasteiger partial charge in [0.25, 0.3) is 0 Å². The Kier molecular flexibility index (Phi) is 12.2. The number of esters is 2. The van der Waals surface area contributed by atoms with E-state index in [9.17, 15) is 9.59 Å². The molecule has 0 fully saturated rings. The first-order chi connectivity index (χ1) is 21.0. The average molecular weight is 582 g/mol. The van der Waals surface area contributed by atoms with Crippen LogP contribution in [0.4, 0.5) is 0 Å². The van der Waals surface area contributed by atoms with Crippen molar-refractivity contribution in [2.45, 2.75) is 38.8 Å². The summed E-state index contributed by atoms with van der Waals surface area (Å²) in [6.45, 7) is 2.77. The SMILES string of the molecule is COC(=O)CCCCN(CCc1ccccc1OCc1cccc(Oc2ccccc2)c1)Cc1ccc(C(=O)OC)cc1. The first kappa shape index (κ1) is 31.3. The van der Waals surface area contributed by atoms with Crippen LogP contribution in [0.5, 0.6) is 17.2 Å². The predicted octanol–water partition coefficient (Wildman–Crippen LogP) is 7.23. The molecule has 0 radical (unpaired) electrons. The van der Waals surface area contributed by atoms with Crippen molar-refractivity contribution in [1.82, 2.24) is 4.90 Å². The second-order valence-corrected chi connectivity index (χ2v) is 10.2. The molecule has 4 rings (SSSR count). The van der Waals surface area contributed by atoms with Crippen LogP contribution in [0.25, 0.3) is 0 Å². The summed E-state index contributed by atoms with van der Waals surface area (Å²) in [4.78, 5) is 25.8. The molecule has 0 heterocycles. The maximum absolute atomic E-state index is 11.8. The molecule has 0 N–H and O–H groups in total. The zero-order chi connectivity index (χ0) is 30.3. The summed E-state index contributed by atoms with van der Waals surface area (Å²) >= 11 is 0. The minimum absolute atomic E-state index is 0.187. The van der Waals surface area contributed by atoms with Crippen LogP contribution in [0.2, 0.25) is 0 Å². The van der Waals surface area contributed by atoms with Gasteiger partial charge in [-0.3, -0.25) is 9.69 Å². The largest absolute Gasteiger partial charge is 0.489 e. The molecule has 224 valence electrons. The van der Waals surface area contributed by atoms with Crippen molar-refractivity contribution in [2.24, 2.45) is 0 Å². The molecule has 0 atom stereocenters. The van der Waals surface area contributed by atoms with Gasteiger partial charge < -0.3 is 18.9 Å². The van der Waals surface area contributed by atoms with Crippen LogP contribution in [0.1, 0.15) is 46.3 Å². The van der Waals surface area contributed by atoms with Crippen LogP contribution in [-0.2, 0) is 33.8 Å². The van der Waals surface area contributed by atoms with Crippen LogP contribution in [0.3, 0.4) is 0 Å². The molecule has 4 aromatic carbocycles. The van der Waals surface area contributed by atoms with E-state index >= 15 is 0 Å². The van der Waals surface area contributed by atoms with Crippen LogP contribution in [0.15, 0.2) is 103 Å². The van der Waals surface area contributed by atoms with Gasteiger partial charge in [-0.15, -0.1) is 0 Å². The van der Waals surface area contributed by atoms with Crippen molar-refractivity contribution in [3.8, 4) is 17.2 Å². The fourth-order valence-corrected chi connectivity index (χ4v) is 4.71. The lowest BCUT2D eigenvalue weighted by molar-refractivity contribution is -0.140. The Morgan fingerprint density at radius 2 is 1.44 bits per heavy atom. The smallest absolute Gasteiger partial charge is 0.337 e. The normalized spacial score (nSPS) is 10.8. The second kappa shape index (κ2) is 16.7. The molecule has 7 heteroatoms. The van der Waals surface area contributed by atoms with Crippen LogP contribution >= 0.6 is 0 Å². The highest BCUT2D eigenvalue weighted by Crippen LogP contribution is 2.24. The Labute approximate surface area is 254 Å². The lowest BCUT2D eigenvalue weighted by Crippen LogP contribution is -2.27. The van der Waals surface area contributed by atoms with Gasteiger partial charge in [0, 0.05) is 19.5 Å². The van der Waals surface area contributed by atoms with Crippen LogP contribution in [0, 0.1) is 0 Å². The molecule has 0 bridgehead atoms. The van der Waals surface area contributed by atoms with E-state index in [2.05, 4.69) is 11.0 Å². The zero-order valence-corrected chi connectivity index (χ0v) is 24.9. The number of carbonyl (C=O) groups excluding carboxylic acids is 2. The number of benzene rings is 4. The summed E-state index contributed by atoms with van der Waals surface area (Å²) in [6.07, 6.45) is 2.84. The van der Waals surface area contributed by atoms with Crippen molar-refractivity contribution in [3.63, 3.8) is 0 Å². The number of nitrogens with zero attached hydrogens (tertiary/aromatic N) is 1. The molecule has 0 aliphatic carbocycles. The Hall–Kier alpha value is -4.62. The van der Waals surface area contributed by atoms with E-state index in [-0.39, 0.29) is 11.9 Å². The van der Waals surface area contributed by atoms with Crippen LogP contribution < -0.4 is 9.47 Å². The highest BCUT2D eigenvalue weighted by Gasteiger charge is 2.12. The molecule has 4 aromatic rings. The number of hydrogen-bond donors (Lipinski definition) is 0. The third kappa shape index (κ3) is 10.3. The Balaban J connectivity index is 1.38. The van der Waals surface area contributed by atoms with E-state index in [1.165, 1.54) is 14.2 Å². The third-order valence-electron chi connectivity index (χ3n) is 7.06. The van der Waals surface area contributed by atoms with Crippen molar-refractivity contribution >= 4 is 11.9 Å². The zero-order valence-electron chi connectivity index (χ0n) is 24.9. The average Bonchev–Trinajstić information content (AvgIpc) is 3.05. The van der Waals surface area contributed by atoms with Gasteiger partial charge >= 0.3 is 11.9 Å². The predicted molar refractivity (Wildman–Crippen MR) is 166 cm³/mol. The van der Waals surface area contributed by atoms with E-state index in [0.29, 0.717) is 18.6 Å². The second-order valence-electron chi connectivity index (χ2n) is 10.2. The summed E-state index contributed by atoms with van der Waals surface area (Å²) in [5.74, 6) is 1.87. The minimum Gasteiger partial charge on any atom is -0.489 e. The van der Waals surface area contributed by atoms with Crippen LogP contribution in [-0.4, -0.2) is 44.1 Å². The van der Waals surface area contributed by atoms with Gasteiger partial charge in [-0.2, -0.15) is 0 Å². The molecule has 0 aliphatic rings. The van der Waals surface area contributed by atoms with Gasteiger partial charge in [0.05, 0.1) is 19.8 Å². The van der Waals surface area contributed by atoms with Gasteiger partial charge in [-0.1, -0.05) is 60.7 Å². The standard InChI is InChI=1S/C36H39NO6/c1-40-35(38)17-8-9-23-37(26-28-18-20-31(21-19-28)36(39)41-2)24-22-30-12-6-7-16-34(30)42-27-29-11-10-15-33(25-29)43-32-13-4-3-5-14-32/h3-7,10-16,18-21,25H,8-9,17,22-24,26-27H2,1-2H3. The molecule has 0 unspecified atom stereocenters. The van der Waals surface area contributed by atoms with Crippen molar-refractivity contribution < 1.29 is 28.5 Å². The summed E-state index contributed by atoms with van der Waals surface area (Å²) < 4.78 is 21.9. The van der Waals surface area contributed by atoms with E-state index < -0.39 is 0 Å². The molecule has 0 spiro atoms. The van der Waals surface area contributed by atoms with Gasteiger partial charge in [0.15, 0.2) is 0 Å². The molecule has 43 heavy (non-hydrogen) atoms. The fourth-order valence-electron chi connectivity index (χ4n) is 4.71. The van der Waals surface area contributed by atoms with Gasteiger partial charge in [-0.05, 0) is 85.0 Å². The number of para-hydroxylation sites is 2. The Morgan fingerprint density at radius 3 is 2.21 bits per heavy atom. The Bertz CT molecular complexity index is 1440. The highest BCUT2D eigenvalue weighted by atomic mass is 16.5. The van der Waals surface area contributed by atoms with E-state index in [1.54, 1.807) is 12.1 Å². The quantitative estimate of drug-likeness (QED) is 0.102. The van der Waals surface area contributed by atoms with E-state index in [0.717, 1.165) is 72.8 Å². The number of carbonyl (C=O) groups is 2. The molecule has 7 nitrogen and oxygen atoms in total. The molecular formula is C36H39NO6. The first-order valence-corrected chi connectivity index (χ1v) is 14.5. The summed E-state index contributed by atoms with van der Waals surface area (Å²) in [6, 6.07) is 33.3. The topological polar surface area (TPSA) is 74.3 Å². The maximum atomic E-state index is 11.8. The highest BCUT2D eigenvalue weighted by molar-refractivity contribution is 5.89. The molecule has 0 aliphatic heterocycles. The summed E-state index contributed by atoms with van der Waals surface area (Å²) in [7, 11) is 2.80. The van der Waals surface area contributed by atoms with Crippen molar-refractivity contribution in [1.29, 1.82) is 0 Å². The monoisotopic (exact) mass is 581 g/mol. The summed E-state index contributed by atoms with van der Waals surface area (Å²) in [5, 5.41) is 0. The number of rotatable bonds is 16. The number of hydrogen-bond acceptors (Lipinski definition) is 7. The third-order valence-corrected chi connectivity index (χ3v) is 7.06. The maximum Gasteiger partial charge on any atom is 0.337 e. The minimum atomic E-state index is -0.349. The molecule has 0 amide bonds. The molecular weight excluding hydrogens is 542 g/mol. The van der Waals surface area contributed by atoms with Crippen molar-refractivity contribution in [2.75, 3.05) is 27.3 Å². The molecule has 0 aromatic heterocycles. The molecule has 0 saturated carbocycles. The van der Waals surface area contributed by atoms with E-state index in [4.69, 9.17) is 18.9 Å². The molecule has 0 saturated heterocycles. The number of methoxy groups -OCH3 is 2. The van der Waals surface area contributed by atoms with Gasteiger partial charge in [0.1, 0.15) is 23.9 Å². The van der Waals surface area contributed by atoms with Crippen molar-refractivity contribution in [3.05, 3.63) is 125 Å². The fraction of sp³-hybridized carbons (Fsp3) is 0.278. The lowest BCUT2D eigenvalue weighted by atomic mass is 10.1. The van der Waals surface area contributed by atoms with Gasteiger partial charge in [-0.25, -0.2) is 4.79 Å². The lowest BCUT2D eigenvalue weighted by Gasteiger charge is -2.23.